The lowest BCUT2D eigenvalue weighted by atomic mass is 10.0. The smallest absolute Gasteiger partial charge is 0.0434 e. The van der Waals surface area contributed by atoms with E-state index in [9.17, 15) is 0 Å². The Labute approximate surface area is 90.0 Å². The highest BCUT2D eigenvalue weighted by atomic mass is 16.2. The van der Waals surface area contributed by atoms with E-state index < -0.39 is 0 Å². The minimum atomic E-state index is 0.240. The lowest BCUT2D eigenvalue weighted by molar-refractivity contribution is 0.291. The molecule has 2 heteroatoms. The quantitative estimate of drug-likeness (QED) is 0.800. The van der Waals surface area contributed by atoms with Crippen molar-refractivity contribution in [1.29, 1.82) is 0 Å². The van der Waals surface area contributed by atoms with Crippen LogP contribution in [0.2, 0.25) is 0 Å². The Morgan fingerprint density at radius 1 is 1.27 bits per heavy atom. The van der Waals surface area contributed by atoms with Gasteiger partial charge in [-0.1, -0.05) is 24.3 Å². The highest BCUT2D eigenvalue weighted by Crippen LogP contribution is 2.16. The zero-order valence-corrected chi connectivity index (χ0v) is 8.69. The monoisotopic (exact) mass is 201 g/mol. The summed E-state index contributed by atoms with van der Waals surface area (Å²) >= 11 is 0. The van der Waals surface area contributed by atoms with Crippen LogP contribution in [0.15, 0.2) is 35.5 Å². The number of benzene rings is 1. The van der Waals surface area contributed by atoms with Gasteiger partial charge >= 0.3 is 0 Å². The molecule has 2 rings (SSSR count). The van der Waals surface area contributed by atoms with E-state index in [1.165, 1.54) is 11.1 Å². The van der Waals surface area contributed by atoms with Crippen LogP contribution in [0.5, 0.6) is 0 Å². The van der Waals surface area contributed by atoms with Crippen LogP contribution in [0.3, 0.4) is 0 Å². The topological polar surface area (TPSA) is 32.6 Å². The molecule has 1 aromatic rings. The van der Waals surface area contributed by atoms with Crippen molar-refractivity contribution in [2.75, 3.05) is 6.61 Å². The first-order valence-electron chi connectivity index (χ1n) is 5.31. The Hall–Kier alpha value is -1.41. The fourth-order valence-electron chi connectivity index (χ4n) is 1.78. The molecule has 1 heterocycles. The molecule has 0 radical (unpaired) electrons. The maximum atomic E-state index is 8.79. The van der Waals surface area contributed by atoms with Gasteiger partial charge in [0.15, 0.2) is 0 Å². The van der Waals surface area contributed by atoms with Crippen LogP contribution < -0.4 is 0 Å². The van der Waals surface area contributed by atoms with Crippen molar-refractivity contribution in [2.24, 2.45) is 4.99 Å². The molecule has 2 nitrogen and oxygen atoms in total. The molecule has 0 amide bonds. The largest absolute Gasteiger partial charge is 0.396 e. The van der Waals surface area contributed by atoms with Crippen molar-refractivity contribution >= 4 is 11.8 Å². The van der Waals surface area contributed by atoms with Crippen molar-refractivity contribution in [3.63, 3.8) is 0 Å². The first kappa shape index (κ1) is 10.1. The van der Waals surface area contributed by atoms with Gasteiger partial charge in [-0.05, 0) is 30.0 Å². The summed E-state index contributed by atoms with van der Waals surface area (Å²) in [6, 6.07) is 8.35. The van der Waals surface area contributed by atoms with Crippen LogP contribution in [-0.2, 0) is 6.42 Å². The first-order valence-corrected chi connectivity index (χ1v) is 5.31. The molecule has 0 spiro atoms. The molecule has 0 saturated carbocycles. The molecule has 0 aliphatic carbocycles. The zero-order valence-electron chi connectivity index (χ0n) is 8.69. The van der Waals surface area contributed by atoms with Crippen molar-refractivity contribution in [3.8, 4) is 0 Å². The minimum absolute atomic E-state index is 0.240. The normalized spacial score (nSPS) is 14.3. The summed E-state index contributed by atoms with van der Waals surface area (Å²) < 4.78 is 0. The molecular formula is C13H15NO. The number of nitrogens with zero attached hydrogens (tertiary/aromatic N) is 1. The van der Waals surface area contributed by atoms with E-state index in [0.29, 0.717) is 0 Å². The lowest BCUT2D eigenvalue weighted by Gasteiger charge is -2.05. The third-order valence-corrected chi connectivity index (χ3v) is 2.58. The Kier molecular flexibility index (Phi) is 3.30. The predicted octanol–water partition coefficient (Wildman–Crippen LogP) is 2.43. The first-order chi connectivity index (χ1) is 7.40. The number of rotatable bonds is 3. The minimum Gasteiger partial charge on any atom is -0.396 e. The Balaban J connectivity index is 2.16. The number of aliphatic imine (C=N–C) groups is 1. The maximum Gasteiger partial charge on any atom is 0.0434 e. The van der Waals surface area contributed by atoms with Crippen molar-refractivity contribution in [1.82, 2.24) is 0 Å². The number of fused-ring (bicyclic) bond motifs is 1. The fraction of sp³-hybridized carbons (Fsp3) is 0.308. The molecule has 0 atom stereocenters. The fourth-order valence-corrected chi connectivity index (χ4v) is 1.78. The summed E-state index contributed by atoms with van der Waals surface area (Å²) in [6.45, 7) is 0.240. The van der Waals surface area contributed by atoms with Gasteiger partial charge in [-0.2, -0.15) is 0 Å². The molecule has 0 saturated heterocycles. The Morgan fingerprint density at radius 2 is 2.13 bits per heavy atom. The highest BCUT2D eigenvalue weighted by molar-refractivity contribution is 5.89. The molecular weight excluding hydrogens is 186 g/mol. The van der Waals surface area contributed by atoms with Crippen molar-refractivity contribution < 1.29 is 5.11 Å². The number of hydrogen-bond acceptors (Lipinski definition) is 2. The van der Waals surface area contributed by atoms with E-state index >= 15 is 0 Å². The Bertz CT molecular complexity index is 393. The van der Waals surface area contributed by atoms with Crippen LogP contribution in [0.25, 0.3) is 6.08 Å². The Morgan fingerprint density at radius 3 is 3.00 bits per heavy atom. The maximum absolute atomic E-state index is 8.79. The van der Waals surface area contributed by atoms with Gasteiger partial charge in [0.2, 0.25) is 0 Å². The van der Waals surface area contributed by atoms with Crippen LogP contribution in [-0.4, -0.2) is 17.4 Å². The van der Waals surface area contributed by atoms with Crippen LogP contribution in [0, 0.1) is 0 Å². The van der Waals surface area contributed by atoms with Gasteiger partial charge in [0, 0.05) is 24.9 Å². The van der Waals surface area contributed by atoms with E-state index in [-0.39, 0.29) is 6.61 Å². The predicted molar refractivity (Wildman–Crippen MR) is 62.9 cm³/mol. The molecule has 78 valence electrons. The second kappa shape index (κ2) is 4.89. The molecule has 0 aromatic heterocycles. The van der Waals surface area contributed by atoms with Gasteiger partial charge in [0.1, 0.15) is 0 Å². The van der Waals surface area contributed by atoms with Gasteiger partial charge in [-0.25, -0.2) is 0 Å². The number of hydrogen-bond donors (Lipinski definition) is 1. The molecule has 1 aromatic carbocycles. The van der Waals surface area contributed by atoms with E-state index in [4.69, 9.17) is 5.11 Å². The summed E-state index contributed by atoms with van der Waals surface area (Å²) in [5.74, 6) is 0. The molecule has 1 N–H and O–H groups in total. The average molecular weight is 201 g/mol. The summed E-state index contributed by atoms with van der Waals surface area (Å²) in [6.07, 6.45) is 6.49. The molecule has 0 unspecified atom stereocenters. The second-order valence-corrected chi connectivity index (χ2v) is 3.71. The van der Waals surface area contributed by atoms with E-state index in [1.54, 1.807) is 0 Å². The lowest BCUT2D eigenvalue weighted by Crippen LogP contribution is -2.04. The summed E-state index contributed by atoms with van der Waals surface area (Å²) in [5.41, 5.74) is 3.73. The van der Waals surface area contributed by atoms with Gasteiger partial charge in [-0.15, -0.1) is 0 Å². The average Bonchev–Trinajstić information content (AvgIpc) is 2.47. The van der Waals surface area contributed by atoms with Crippen molar-refractivity contribution in [3.05, 3.63) is 41.6 Å². The van der Waals surface area contributed by atoms with Crippen LogP contribution >= 0.6 is 0 Å². The molecule has 15 heavy (non-hydrogen) atoms. The third-order valence-electron chi connectivity index (χ3n) is 2.58. The zero-order chi connectivity index (χ0) is 10.5. The summed E-state index contributed by atoms with van der Waals surface area (Å²) in [4.78, 5) is 4.40. The second-order valence-electron chi connectivity index (χ2n) is 3.71. The third kappa shape index (κ3) is 2.54. The molecule has 1 aliphatic rings. The molecule has 1 aliphatic heterocycles. The summed E-state index contributed by atoms with van der Waals surface area (Å²) in [5, 5.41) is 8.79. The molecule has 0 fully saturated rings. The standard InChI is InChI=1S/C13H15NO/c15-9-3-6-13-10-12-5-2-1-4-11(12)7-8-14-13/h1-2,4-5,7-8,15H,3,6,9-10H2. The van der Waals surface area contributed by atoms with E-state index in [2.05, 4.69) is 23.2 Å². The van der Waals surface area contributed by atoms with Gasteiger partial charge in [-0.3, -0.25) is 4.99 Å². The number of aliphatic hydroxyl groups is 1. The van der Waals surface area contributed by atoms with Gasteiger partial charge in [0.25, 0.3) is 0 Å². The van der Waals surface area contributed by atoms with Gasteiger partial charge in [0.05, 0.1) is 0 Å². The van der Waals surface area contributed by atoms with Crippen LogP contribution in [0.1, 0.15) is 24.0 Å². The molecule has 0 bridgehead atoms. The number of aliphatic hydroxyl groups excluding tert-OH is 1. The van der Waals surface area contributed by atoms with Crippen LogP contribution in [0.4, 0.5) is 0 Å². The summed E-state index contributed by atoms with van der Waals surface area (Å²) in [7, 11) is 0. The van der Waals surface area contributed by atoms with E-state index in [0.717, 1.165) is 25.0 Å². The van der Waals surface area contributed by atoms with Gasteiger partial charge < -0.3 is 5.11 Å². The van der Waals surface area contributed by atoms with Crippen molar-refractivity contribution in [2.45, 2.75) is 19.3 Å². The van der Waals surface area contributed by atoms with E-state index in [1.807, 2.05) is 18.3 Å². The highest BCUT2D eigenvalue weighted by Gasteiger charge is 2.06. The SMILES string of the molecule is OCCCC1=NC=Cc2ccccc2C1.